The second-order valence-electron chi connectivity index (χ2n) is 16.1. The Balaban J connectivity index is 0.991. The molecule has 2 atom stereocenters. The number of benzene rings is 6. The van der Waals surface area contributed by atoms with Crippen LogP contribution < -0.4 is 0 Å². The molecule has 290 valence electrons. The summed E-state index contributed by atoms with van der Waals surface area (Å²) in [6.07, 6.45) is 5.28. The number of aromatic nitrogens is 3. The van der Waals surface area contributed by atoms with Crippen LogP contribution in [-0.4, -0.2) is 15.0 Å². The Morgan fingerprint density at radius 2 is 0.817 bits per heavy atom. The third-order valence-corrected chi connectivity index (χ3v) is 12.0. The van der Waals surface area contributed by atoms with Gasteiger partial charge in [0.25, 0.3) is 0 Å². The van der Waals surface area contributed by atoms with Crippen LogP contribution in [0.4, 0.5) is 0 Å². The summed E-state index contributed by atoms with van der Waals surface area (Å²) in [6, 6.07) is 75.6. The van der Waals surface area contributed by atoms with Gasteiger partial charge >= 0.3 is 0 Å². The Morgan fingerprint density at radius 1 is 0.350 bits per heavy atom. The summed E-state index contributed by atoms with van der Waals surface area (Å²) < 4.78 is 0. The van der Waals surface area contributed by atoms with E-state index >= 15 is 0 Å². The molecule has 0 bridgehead atoms. The monoisotopic (exact) mass is 773 g/mol. The van der Waals surface area contributed by atoms with E-state index in [9.17, 15) is 0 Å². The highest BCUT2D eigenvalue weighted by molar-refractivity contribution is 5.74. The molecule has 0 aliphatic rings. The summed E-state index contributed by atoms with van der Waals surface area (Å²) >= 11 is 0. The highest BCUT2D eigenvalue weighted by Gasteiger charge is 2.33. The van der Waals surface area contributed by atoms with Crippen molar-refractivity contribution in [1.82, 2.24) is 15.0 Å². The van der Waals surface area contributed by atoms with E-state index in [2.05, 4.69) is 214 Å². The molecule has 3 heteroatoms. The summed E-state index contributed by atoms with van der Waals surface area (Å²) in [5, 5.41) is 0. The first-order valence-electron chi connectivity index (χ1n) is 20.8. The first-order chi connectivity index (χ1) is 29.4. The van der Waals surface area contributed by atoms with Gasteiger partial charge in [0.05, 0.1) is 17.1 Å². The molecule has 6 aromatic carbocycles. The van der Waals surface area contributed by atoms with Gasteiger partial charge in [0, 0.05) is 40.9 Å². The quantitative estimate of drug-likeness (QED) is 0.124. The summed E-state index contributed by atoms with van der Waals surface area (Å²) in [4.78, 5) is 15.0. The summed E-state index contributed by atoms with van der Waals surface area (Å²) in [5.41, 5.74) is 15.3. The van der Waals surface area contributed by atoms with Crippen molar-refractivity contribution in [3.8, 4) is 44.6 Å². The summed E-state index contributed by atoms with van der Waals surface area (Å²) in [6.45, 7) is 4.60. The molecule has 0 radical (unpaired) electrons. The van der Waals surface area contributed by atoms with E-state index in [4.69, 9.17) is 15.0 Å². The third-order valence-electron chi connectivity index (χ3n) is 12.0. The minimum absolute atomic E-state index is 0.341. The zero-order valence-electron chi connectivity index (χ0n) is 34.1. The Labute approximate surface area is 354 Å². The first kappa shape index (κ1) is 38.3. The number of rotatable bonds is 12. The normalized spacial score (nSPS) is 13.2. The van der Waals surface area contributed by atoms with Crippen LogP contribution in [0.25, 0.3) is 44.6 Å². The average Bonchev–Trinajstić information content (AvgIpc) is 3.33. The van der Waals surface area contributed by atoms with Gasteiger partial charge in [-0.3, -0.25) is 15.0 Å². The fourth-order valence-corrected chi connectivity index (χ4v) is 8.60. The Bertz CT molecular complexity index is 2760. The highest BCUT2D eigenvalue weighted by atomic mass is 14.7. The van der Waals surface area contributed by atoms with E-state index in [1.807, 2.05) is 24.5 Å². The maximum Gasteiger partial charge on any atom is 0.0705 e. The van der Waals surface area contributed by atoms with E-state index in [1.165, 1.54) is 50.1 Å². The van der Waals surface area contributed by atoms with Gasteiger partial charge in [-0.15, -0.1) is 0 Å². The van der Waals surface area contributed by atoms with Gasteiger partial charge in [0.2, 0.25) is 0 Å². The molecule has 0 N–H and O–H groups in total. The van der Waals surface area contributed by atoms with Crippen molar-refractivity contribution < 1.29 is 0 Å². The first-order valence-corrected chi connectivity index (χ1v) is 20.8. The molecular formula is C57H47N3. The largest absolute Gasteiger partial charge is 0.260 e. The molecule has 2 unspecified atom stereocenters. The van der Waals surface area contributed by atoms with Gasteiger partial charge in [-0.1, -0.05) is 170 Å². The lowest BCUT2D eigenvalue weighted by atomic mass is 9.73. The predicted molar refractivity (Wildman–Crippen MR) is 248 cm³/mol. The Morgan fingerprint density at radius 3 is 1.42 bits per heavy atom. The molecule has 0 spiro atoms. The number of hydrogen-bond acceptors (Lipinski definition) is 3. The molecule has 0 aliphatic heterocycles. The van der Waals surface area contributed by atoms with Crippen LogP contribution in [0.5, 0.6) is 0 Å². The zero-order valence-corrected chi connectivity index (χ0v) is 34.1. The minimum atomic E-state index is -0.397. The lowest BCUT2D eigenvalue weighted by molar-refractivity contribution is 0.541. The Kier molecular flexibility index (Phi) is 10.8. The molecular weight excluding hydrogens is 727 g/mol. The molecule has 9 rings (SSSR count). The molecule has 3 heterocycles. The van der Waals surface area contributed by atoms with Crippen LogP contribution in [0.2, 0.25) is 0 Å². The van der Waals surface area contributed by atoms with Gasteiger partial charge in [-0.05, 0) is 113 Å². The van der Waals surface area contributed by atoms with E-state index in [0.717, 1.165) is 41.2 Å². The molecule has 0 amide bonds. The van der Waals surface area contributed by atoms with Crippen LogP contribution in [0.1, 0.15) is 47.6 Å². The van der Waals surface area contributed by atoms with Crippen LogP contribution in [-0.2, 0) is 23.7 Å². The fourth-order valence-electron chi connectivity index (χ4n) is 8.60. The molecule has 3 nitrogen and oxygen atoms in total. The van der Waals surface area contributed by atoms with E-state index in [0.29, 0.717) is 0 Å². The second-order valence-corrected chi connectivity index (χ2v) is 16.1. The third kappa shape index (κ3) is 8.08. The van der Waals surface area contributed by atoms with Crippen LogP contribution in [0, 0.1) is 0 Å². The maximum absolute atomic E-state index is 5.28. The average molecular weight is 774 g/mol. The molecule has 0 saturated carbocycles. The summed E-state index contributed by atoms with van der Waals surface area (Å²) in [7, 11) is 0. The molecule has 3 aromatic heterocycles. The van der Waals surface area contributed by atoms with Crippen molar-refractivity contribution in [3.63, 3.8) is 0 Å². The van der Waals surface area contributed by atoms with Crippen molar-refractivity contribution in [3.05, 3.63) is 258 Å². The van der Waals surface area contributed by atoms with Gasteiger partial charge in [-0.25, -0.2) is 0 Å². The van der Waals surface area contributed by atoms with Crippen molar-refractivity contribution >= 4 is 0 Å². The molecule has 9 aromatic rings. The highest BCUT2D eigenvalue weighted by Crippen LogP contribution is 2.38. The van der Waals surface area contributed by atoms with E-state index in [1.54, 1.807) is 0 Å². The SMILES string of the molecule is CC(Cc1cccc(-c2cccc(CC(C)(c3ccccc3)c3ccccn3)n2)c1)(c1cccc(-c2ccc(-c3ccc(-c4ccccc4)cc3)cc2)c1)c1ccccn1. The predicted octanol–water partition coefficient (Wildman–Crippen LogP) is 13.6. The summed E-state index contributed by atoms with van der Waals surface area (Å²) in [5.74, 6) is 0. The number of hydrogen-bond donors (Lipinski definition) is 0. The number of pyridine rings is 3. The minimum Gasteiger partial charge on any atom is -0.260 e. The zero-order chi connectivity index (χ0) is 40.8. The van der Waals surface area contributed by atoms with Crippen LogP contribution in [0.15, 0.2) is 225 Å². The van der Waals surface area contributed by atoms with E-state index < -0.39 is 5.41 Å². The smallest absolute Gasteiger partial charge is 0.0705 e. The van der Waals surface area contributed by atoms with Gasteiger partial charge in [0.1, 0.15) is 0 Å². The van der Waals surface area contributed by atoms with Crippen molar-refractivity contribution in [1.29, 1.82) is 0 Å². The van der Waals surface area contributed by atoms with Crippen molar-refractivity contribution in [2.75, 3.05) is 0 Å². The standard InChI is InChI=1S/C57H47N3/c1-56(54-26-9-11-36-58-54,51-23-14-19-48(39-51)47-34-32-46(33-35-47)45-30-28-44(29-31-45)43-17-5-3-6-18-43)40-42-16-13-20-49(38-42)53-25-15-24-52(60-53)41-57(2,50-21-7-4-8-22-50)55-27-10-12-37-59-55/h3-39H,40-41H2,1-2H3. The van der Waals surface area contributed by atoms with Crippen molar-refractivity contribution in [2.24, 2.45) is 0 Å². The molecule has 0 aliphatic carbocycles. The lowest BCUT2D eigenvalue weighted by Crippen LogP contribution is -2.28. The van der Waals surface area contributed by atoms with Gasteiger partial charge < -0.3 is 0 Å². The van der Waals surface area contributed by atoms with Gasteiger partial charge in [-0.2, -0.15) is 0 Å². The molecule has 0 saturated heterocycles. The topological polar surface area (TPSA) is 38.7 Å². The van der Waals surface area contributed by atoms with Crippen LogP contribution in [0.3, 0.4) is 0 Å². The molecule has 0 fully saturated rings. The van der Waals surface area contributed by atoms with Crippen LogP contribution >= 0.6 is 0 Å². The lowest BCUT2D eigenvalue weighted by Gasteiger charge is -2.31. The fraction of sp³-hybridized carbons (Fsp3) is 0.105. The van der Waals surface area contributed by atoms with Gasteiger partial charge in [0.15, 0.2) is 0 Å². The number of nitrogens with zero attached hydrogens (tertiary/aromatic N) is 3. The maximum atomic E-state index is 5.28. The second kappa shape index (κ2) is 16.9. The molecule has 60 heavy (non-hydrogen) atoms. The van der Waals surface area contributed by atoms with E-state index in [-0.39, 0.29) is 5.41 Å². The van der Waals surface area contributed by atoms with Crippen molar-refractivity contribution in [2.45, 2.75) is 37.5 Å². The Hall–Kier alpha value is -7.23.